The van der Waals surface area contributed by atoms with Crippen LogP contribution in [0, 0.1) is 27.7 Å². The van der Waals surface area contributed by atoms with Crippen molar-refractivity contribution in [3.63, 3.8) is 0 Å². The summed E-state index contributed by atoms with van der Waals surface area (Å²) >= 11 is 13.6. The molecule has 4 aromatic heterocycles. The molecular formula is C45H45Cl2N7O4. The van der Waals surface area contributed by atoms with Crippen LogP contribution in [0.1, 0.15) is 74.0 Å². The molecule has 8 rings (SSSR count). The third-order valence-electron chi connectivity index (χ3n) is 11.3. The van der Waals surface area contributed by atoms with Gasteiger partial charge in [-0.1, -0.05) is 35.3 Å². The smallest absolute Gasteiger partial charge is 0.337 e. The van der Waals surface area contributed by atoms with Gasteiger partial charge in [0.1, 0.15) is 11.4 Å². The molecule has 7 aromatic rings. The van der Waals surface area contributed by atoms with Gasteiger partial charge in [0, 0.05) is 77.4 Å². The highest BCUT2D eigenvalue weighted by Crippen LogP contribution is 2.46. The van der Waals surface area contributed by atoms with E-state index in [1.54, 1.807) is 21.9 Å². The molecule has 13 heteroatoms. The Labute approximate surface area is 346 Å². The van der Waals surface area contributed by atoms with Crippen molar-refractivity contribution in [3.8, 4) is 16.9 Å². The maximum atomic E-state index is 15.4. The monoisotopic (exact) mass is 817 g/mol. The zero-order chi connectivity index (χ0) is 41.2. The molecule has 0 saturated carbocycles. The molecule has 5 heterocycles. The predicted octanol–water partition coefficient (Wildman–Crippen LogP) is 10.0. The van der Waals surface area contributed by atoms with Crippen molar-refractivity contribution in [2.45, 2.75) is 60.0 Å². The highest BCUT2D eigenvalue weighted by molar-refractivity contribution is 6.35. The van der Waals surface area contributed by atoms with Gasteiger partial charge in [-0.3, -0.25) is 14.5 Å². The number of amides is 1. The second kappa shape index (κ2) is 15.2. The molecule has 11 nitrogen and oxygen atoms in total. The van der Waals surface area contributed by atoms with Gasteiger partial charge in [-0.05, 0) is 107 Å². The summed E-state index contributed by atoms with van der Waals surface area (Å²) < 4.78 is 12.1. The Hall–Kier alpha value is -5.78. The topological polar surface area (TPSA) is 119 Å². The van der Waals surface area contributed by atoms with Gasteiger partial charge < -0.3 is 29.2 Å². The fraction of sp³-hybridized carbons (Fsp3) is 0.289. The Bertz CT molecular complexity index is 2760. The first-order chi connectivity index (χ1) is 27.7. The maximum Gasteiger partial charge on any atom is 0.337 e. The number of hydrogen-bond donors (Lipinski definition) is 2. The zero-order valence-corrected chi connectivity index (χ0v) is 35.1. The average Bonchev–Trinajstić information content (AvgIpc) is 3.80. The van der Waals surface area contributed by atoms with Crippen LogP contribution in [0.3, 0.4) is 0 Å². The minimum atomic E-state index is -1.05. The number of fused-ring (bicyclic) bond motifs is 4. The van der Waals surface area contributed by atoms with E-state index in [9.17, 15) is 9.90 Å². The Morgan fingerprint density at radius 1 is 0.983 bits per heavy atom. The van der Waals surface area contributed by atoms with E-state index in [1.807, 2.05) is 101 Å². The number of nitrogens with one attached hydrogen (secondary N) is 1. The summed E-state index contributed by atoms with van der Waals surface area (Å²) in [7, 11) is 3.74. The molecule has 0 unspecified atom stereocenters. The molecule has 0 bridgehead atoms. The Balaban J connectivity index is 1.27. The zero-order valence-electron chi connectivity index (χ0n) is 33.6. The normalized spacial score (nSPS) is 14.1. The number of nitrogens with zero attached hydrogens (tertiary/aromatic N) is 6. The van der Waals surface area contributed by atoms with Crippen LogP contribution < -0.4 is 15.0 Å². The number of carbonyl (C=O) groups excluding carboxylic acids is 1. The third-order valence-corrected chi connectivity index (χ3v) is 12.3. The van der Waals surface area contributed by atoms with E-state index in [4.69, 9.17) is 33.0 Å². The summed E-state index contributed by atoms with van der Waals surface area (Å²) in [6.07, 6.45) is 4.53. The summed E-state index contributed by atoms with van der Waals surface area (Å²) in [5.74, 6) is -0.479. The van der Waals surface area contributed by atoms with Gasteiger partial charge in [-0.2, -0.15) is 5.10 Å². The van der Waals surface area contributed by atoms with Crippen molar-refractivity contribution in [1.82, 2.24) is 23.9 Å². The number of hydrogen-bond acceptors (Lipinski definition) is 6. The van der Waals surface area contributed by atoms with Crippen molar-refractivity contribution in [3.05, 3.63) is 122 Å². The summed E-state index contributed by atoms with van der Waals surface area (Å²) in [5, 5.41) is 21.2. The number of benzene rings is 3. The number of carboxylic acid groups (broad SMARTS) is 1. The maximum absolute atomic E-state index is 15.4. The van der Waals surface area contributed by atoms with E-state index in [-0.39, 0.29) is 17.5 Å². The van der Waals surface area contributed by atoms with Crippen molar-refractivity contribution >= 4 is 68.3 Å². The SMILES string of the molecule is Cc1cc(OCCCc2c3n(c4c(-c5c(C)nn(C)c5C)c(Cl)ccc24)[C@H](C)CN(c2cc(NCc4ccccn4)cc4c(C(=O)O)cn(C)c24)C3=O)cc(C)c1Cl. The molecule has 0 spiro atoms. The first-order valence-electron chi connectivity index (χ1n) is 19.3. The number of aromatic nitrogens is 5. The second-order valence-electron chi connectivity index (χ2n) is 15.3. The van der Waals surface area contributed by atoms with Crippen molar-refractivity contribution in [2.75, 3.05) is 23.4 Å². The van der Waals surface area contributed by atoms with Crippen LogP contribution in [0.5, 0.6) is 5.75 Å². The van der Waals surface area contributed by atoms with Gasteiger partial charge >= 0.3 is 5.97 Å². The fourth-order valence-corrected chi connectivity index (χ4v) is 8.99. The quantitative estimate of drug-likeness (QED) is 0.125. The van der Waals surface area contributed by atoms with E-state index >= 15 is 4.79 Å². The van der Waals surface area contributed by atoms with Gasteiger partial charge in [0.05, 0.1) is 51.8 Å². The number of anilines is 2. The first kappa shape index (κ1) is 39.1. The average molecular weight is 819 g/mol. The minimum Gasteiger partial charge on any atom is -0.494 e. The summed E-state index contributed by atoms with van der Waals surface area (Å²) in [6.45, 7) is 11.2. The molecule has 1 amide bonds. The standard InChI is InChI=1S/C45H45Cl2N7O4/c1-24-17-31(18-25(2)40(24)47)58-16-10-12-32-33-13-14-36(46)39(38-27(4)50-52(7)28(38)5)42(33)54-26(3)22-53(44(55)43(32)54)37-20-30(49-21-29-11-8-9-15-48-29)19-34-35(45(56)57)23-51(6)41(34)37/h8-9,11,13-15,17-20,23,26,49H,10,12,16,21-22H2,1-7H3,(H,56,57)/t26-/m1/s1. The molecular weight excluding hydrogens is 773 g/mol. The lowest BCUT2D eigenvalue weighted by atomic mass is 9.98. The fourth-order valence-electron chi connectivity index (χ4n) is 8.63. The van der Waals surface area contributed by atoms with Gasteiger partial charge in [0.15, 0.2) is 0 Å². The molecule has 1 aliphatic heterocycles. The number of aryl methyl sites for hydroxylation is 6. The lowest BCUT2D eigenvalue weighted by molar-refractivity contribution is 0.0698. The van der Waals surface area contributed by atoms with Crippen LogP contribution in [0.2, 0.25) is 10.0 Å². The van der Waals surface area contributed by atoms with Gasteiger partial charge in [-0.25, -0.2) is 4.79 Å². The molecule has 0 fully saturated rings. The number of rotatable bonds is 11. The molecule has 298 valence electrons. The largest absolute Gasteiger partial charge is 0.494 e. The number of aromatic carboxylic acids is 1. The number of pyridine rings is 1. The molecule has 0 saturated heterocycles. The second-order valence-corrected chi connectivity index (χ2v) is 16.1. The molecule has 2 N–H and O–H groups in total. The number of ether oxygens (including phenoxy) is 1. The van der Waals surface area contributed by atoms with E-state index in [0.29, 0.717) is 65.5 Å². The lowest BCUT2D eigenvalue weighted by Crippen LogP contribution is -2.43. The number of halogens is 2. The van der Waals surface area contributed by atoms with Crippen LogP contribution in [-0.4, -0.2) is 54.0 Å². The molecule has 1 atom stereocenters. The Kier molecular flexibility index (Phi) is 10.2. The number of carbonyl (C=O) groups is 2. The highest BCUT2D eigenvalue weighted by atomic mass is 35.5. The van der Waals surface area contributed by atoms with Crippen LogP contribution in [-0.2, 0) is 27.1 Å². The van der Waals surface area contributed by atoms with Crippen LogP contribution in [0.25, 0.3) is 32.9 Å². The Morgan fingerprint density at radius 3 is 2.41 bits per heavy atom. The first-order valence-corrected chi connectivity index (χ1v) is 20.1. The molecule has 58 heavy (non-hydrogen) atoms. The van der Waals surface area contributed by atoms with Crippen molar-refractivity contribution < 1.29 is 19.4 Å². The van der Waals surface area contributed by atoms with Crippen molar-refractivity contribution in [2.24, 2.45) is 14.1 Å². The van der Waals surface area contributed by atoms with Gasteiger partial charge in [0.2, 0.25) is 0 Å². The molecule has 1 aliphatic rings. The van der Waals surface area contributed by atoms with Crippen molar-refractivity contribution in [1.29, 1.82) is 0 Å². The minimum absolute atomic E-state index is 0.153. The van der Waals surface area contributed by atoms with Crippen LogP contribution >= 0.6 is 23.2 Å². The molecule has 0 aliphatic carbocycles. The number of carboxylic acids is 1. The summed E-state index contributed by atoms with van der Waals surface area (Å²) in [6, 6.07) is 17.1. The van der Waals surface area contributed by atoms with E-state index in [0.717, 1.165) is 66.6 Å². The van der Waals surface area contributed by atoms with E-state index in [2.05, 4.69) is 21.8 Å². The van der Waals surface area contributed by atoms with E-state index in [1.165, 1.54) is 0 Å². The third kappa shape index (κ3) is 6.65. The Morgan fingerprint density at radius 2 is 1.74 bits per heavy atom. The highest BCUT2D eigenvalue weighted by Gasteiger charge is 2.38. The van der Waals surface area contributed by atoms with Crippen LogP contribution in [0.4, 0.5) is 11.4 Å². The predicted molar refractivity (Wildman–Crippen MR) is 231 cm³/mol. The molecule has 3 aromatic carbocycles. The summed E-state index contributed by atoms with van der Waals surface area (Å²) in [4.78, 5) is 34.2. The van der Waals surface area contributed by atoms with Crippen LogP contribution in [0.15, 0.2) is 67.0 Å². The summed E-state index contributed by atoms with van der Waals surface area (Å²) in [5.41, 5.74) is 10.8. The van der Waals surface area contributed by atoms with Gasteiger partial charge in [-0.15, -0.1) is 0 Å². The molecule has 0 radical (unpaired) electrons. The lowest BCUT2D eigenvalue weighted by Gasteiger charge is -2.35. The van der Waals surface area contributed by atoms with Gasteiger partial charge in [0.25, 0.3) is 5.91 Å². The van der Waals surface area contributed by atoms with E-state index < -0.39 is 5.97 Å².